The molecule has 2 rings (SSSR count). The summed E-state index contributed by atoms with van der Waals surface area (Å²) in [6.07, 6.45) is 2.20. The Morgan fingerprint density at radius 1 is 1.47 bits per heavy atom. The van der Waals surface area contributed by atoms with E-state index in [4.69, 9.17) is 9.47 Å². The lowest BCUT2D eigenvalue weighted by molar-refractivity contribution is 0.238. The van der Waals surface area contributed by atoms with Gasteiger partial charge in [0.1, 0.15) is 18.1 Å². The molecule has 96 valence electrons. The highest BCUT2D eigenvalue weighted by atomic mass is 79.9. The van der Waals surface area contributed by atoms with Crippen LogP contribution in [0.5, 0.6) is 11.5 Å². The van der Waals surface area contributed by atoms with E-state index in [9.17, 15) is 0 Å². The molecule has 0 fully saturated rings. The van der Waals surface area contributed by atoms with Crippen molar-refractivity contribution in [1.82, 2.24) is 5.32 Å². The molecule has 0 bridgehead atoms. The third-order valence-electron chi connectivity index (χ3n) is 2.86. The van der Waals surface area contributed by atoms with Crippen molar-refractivity contribution in [2.24, 2.45) is 0 Å². The number of ether oxygens (including phenoxy) is 2. The zero-order valence-electron chi connectivity index (χ0n) is 10.4. The number of methoxy groups -OCH3 is 1. The Morgan fingerprint density at radius 2 is 2.29 bits per heavy atom. The minimum absolute atomic E-state index is 0. The fourth-order valence-corrected chi connectivity index (χ4v) is 1.96. The molecule has 0 amide bonds. The van der Waals surface area contributed by atoms with E-state index < -0.39 is 0 Å². The van der Waals surface area contributed by atoms with Crippen molar-refractivity contribution in [3.05, 3.63) is 23.8 Å². The van der Waals surface area contributed by atoms with Gasteiger partial charge in [-0.3, -0.25) is 0 Å². The van der Waals surface area contributed by atoms with Crippen LogP contribution in [0.25, 0.3) is 0 Å². The average Bonchev–Trinajstić information content (AvgIpc) is 2.35. The Kier molecular flexibility index (Phi) is 5.78. The number of nitrogens with one attached hydrogen (secondary N) is 1. The predicted molar refractivity (Wildman–Crippen MR) is 74.6 cm³/mol. The maximum Gasteiger partial charge on any atom is 0.126 e. The average molecular weight is 302 g/mol. The van der Waals surface area contributed by atoms with Crippen LogP contribution < -0.4 is 14.8 Å². The number of fused-ring (bicyclic) bond motifs is 1. The molecule has 17 heavy (non-hydrogen) atoms. The summed E-state index contributed by atoms with van der Waals surface area (Å²) in [5.41, 5.74) is 1.26. The van der Waals surface area contributed by atoms with Crippen molar-refractivity contribution in [2.75, 3.05) is 20.3 Å². The maximum atomic E-state index is 5.73. The molecule has 1 unspecified atom stereocenters. The molecule has 1 aliphatic heterocycles. The van der Waals surface area contributed by atoms with E-state index in [1.807, 2.05) is 12.1 Å². The van der Waals surface area contributed by atoms with Crippen LogP contribution >= 0.6 is 17.0 Å². The van der Waals surface area contributed by atoms with Crippen molar-refractivity contribution < 1.29 is 9.47 Å². The van der Waals surface area contributed by atoms with Crippen LogP contribution in [0.3, 0.4) is 0 Å². The highest BCUT2D eigenvalue weighted by Crippen LogP contribution is 2.28. The molecule has 1 atom stereocenters. The SMILES string of the molecule is Br.CCCNC1COc2cc(OC)ccc2C1. The Hall–Kier alpha value is -0.740. The number of rotatable bonds is 4. The van der Waals surface area contributed by atoms with Gasteiger partial charge in [0.2, 0.25) is 0 Å². The van der Waals surface area contributed by atoms with Crippen LogP contribution in [0.4, 0.5) is 0 Å². The summed E-state index contributed by atoms with van der Waals surface area (Å²) in [7, 11) is 1.68. The summed E-state index contributed by atoms with van der Waals surface area (Å²) in [5, 5.41) is 3.48. The molecule has 1 N–H and O–H groups in total. The van der Waals surface area contributed by atoms with Gasteiger partial charge >= 0.3 is 0 Å². The minimum Gasteiger partial charge on any atom is -0.497 e. The predicted octanol–water partition coefficient (Wildman–Crippen LogP) is 2.58. The second-order valence-electron chi connectivity index (χ2n) is 4.14. The number of hydrogen-bond donors (Lipinski definition) is 1. The summed E-state index contributed by atoms with van der Waals surface area (Å²) in [6, 6.07) is 6.49. The van der Waals surface area contributed by atoms with E-state index in [1.54, 1.807) is 7.11 Å². The van der Waals surface area contributed by atoms with Crippen LogP contribution in [0, 0.1) is 0 Å². The molecule has 1 heterocycles. The Balaban J connectivity index is 0.00000144. The number of benzene rings is 1. The zero-order chi connectivity index (χ0) is 11.4. The van der Waals surface area contributed by atoms with Gasteiger partial charge in [0.05, 0.1) is 7.11 Å². The maximum absolute atomic E-state index is 5.73. The van der Waals surface area contributed by atoms with Crippen LogP contribution in [-0.4, -0.2) is 26.3 Å². The second-order valence-corrected chi connectivity index (χ2v) is 4.14. The van der Waals surface area contributed by atoms with Gasteiger partial charge in [0.15, 0.2) is 0 Å². The molecule has 1 aromatic carbocycles. The molecule has 3 nitrogen and oxygen atoms in total. The Labute approximate surface area is 113 Å². The van der Waals surface area contributed by atoms with Gasteiger partial charge in [-0.05, 0) is 31.0 Å². The van der Waals surface area contributed by atoms with E-state index in [2.05, 4.69) is 18.3 Å². The van der Waals surface area contributed by atoms with Crippen LogP contribution in [0.1, 0.15) is 18.9 Å². The summed E-state index contributed by atoms with van der Waals surface area (Å²) < 4.78 is 10.9. The van der Waals surface area contributed by atoms with Crippen molar-refractivity contribution in [2.45, 2.75) is 25.8 Å². The van der Waals surface area contributed by atoms with E-state index in [1.165, 1.54) is 5.56 Å². The summed E-state index contributed by atoms with van der Waals surface area (Å²) in [4.78, 5) is 0. The first-order chi connectivity index (χ1) is 7.83. The topological polar surface area (TPSA) is 30.5 Å². The van der Waals surface area contributed by atoms with Crippen molar-refractivity contribution >= 4 is 17.0 Å². The van der Waals surface area contributed by atoms with Crippen molar-refractivity contribution in [3.63, 3.8) is 0 Å². The smallest absolute Gasteiger partial charge is 0.126 e. The van der Waals surface area contributed by atoms with Gasteiger partial charge in [-0.1, -0.05) is 13.0 Å². The summed E-state index contributed by atoms with van der Waals surface area (Å²) >= 11 is 0. The fraction of sp³-hybridized carbons (Fsp3) is 0.538. The van der Waals surface area contributed by atoms with E-state index in [-0.39, 0.29) is 17.0 Å². The standard InChI is InChI=1S/C13H19NO2.BrH/c1-3-6-14-11-7-10-4-5-12(15-2)8-13(10)16-9-11;/h4-5,8,11,14H,3,6-7,9H2,1-2H3;1H. The van der Waals surface area contributed by atoms with Crippen LogP contribution in [0.15, 0.2) is 18.2 Å². The van der Waals surface area contributed by atoms with Gasteiger partial charge in [0.25, 0.3) is 0 Å². The lowest BCUT2D eigenvalue weighted by atomic mass is 10.0. The number of halogens is 1. The normalized spacial score (nSPS) is 17.6. The van der Waals surface area contributed by atoms with Gasteiger partial charge in [-0.25, -0.2) is 0 Å². The fourth-order valence-electron chi connectivity index (χ4n) is 1.96. The minimum atomic E-state index is 0. The first-order valence-corrected chi connectivity index (χ1v) is 5.86. The second kappa shape index (κ2) is 6.87. The van der Waals surface area contributed by atoms with Crippen LogP contribution in [0.2, 0.25) is 0 Å². The van der Waals surface area contributed by atoms with Gasteiger partial charge in [0, 0.05) is 12.1 Å². The summed E-state index contributed by atoms with van der Waals surface area (Å²) in [6.45, 7) is 3.98. The largest absolute Gasteiger partial charge is 0.497 e. The molecular weight excluding hydrogens is 282 g/mol. The van der Waals surface area contributed by atoms with E-state index in [0.717, 1.165) is 37.5 Å². The molecule has 1 aliphatic rings. The van der Waals surface area contributed by atoms with Crippen molar-refractivity contribution in [1.29, 1.82) is 0 Å². The number of hydrogen-bond acceptors (Lipinski definition) is 3. The third kappa shape index (κ3) is 3.61. The zero-order valence-corrected chi connectivity index (χ0v) is 12.1. The molecule has 1 aromatic rings. The quantitative estimate of drug-likeness (QED) is 0.927. The van der Waals surface area contributed by atoms with Crippen LogP contribution in [-0.2, 0) is 6.42 Å². The molecular formula is C13H20BrNO2. The Bertz CT molecular complexity index is 357. The molecule has 0 radical (unpaired) electrons. The highest BCUT2D eigenvalue weighted by molar-refractivity contribution is 8.93. The highest BCUT2D eigenvalue weighted by Gasteiger charge is 2.19. The van der Waals surface area contributed by atoms with E-state index >= 15 is 0 Å². The van der Waals surface area contributed by atoms with Gasteiger partial charge in [-0.2, -0.15) is 0 Å². The van der Waals surface area contributed by atoms with Gasteiger partial charge < -0.3 is 14.8 Å². The molecule has 0 aliphatic carbocycles. The van der Waals surface area contributed by atoms with E-state index in [0.29, 0.717) is 6.04 Å². The summed E-state index contributed by atoms with van der Waals surface area (Å²) in [5.74, 6) is 1.83. The molecule has 4 heteroatoms. The lowest BCUT2D eigenvalue weighted by Gasteiger charge is -2.26. The van der Waals surface area contributed by atoms with Gasteiger partial charge in [-0.15, -0.1) is 17.0 Å². The molecule has 0 aromatic heterocycles. The van der Waals surface area contributed by atoms with Crippen molar-refractivity contribution in [3.8, 4) is 11.5 Å². The first kappa shape index (κ1) is 14.3. The monoisotopic (exact) mass is 301 g/mol. The lowest BCUT2D eigenvalue weighted by Crippen LogP contribution is -2.39. The first-order valence-electron chi connectivity index (χ1n) is 5.86. The Morgan fingerprint density at radius 3 is 3.00 bits per heavy atom. The molecule has 0 saturated carbocycles. The third-order valence-corrected chi connectivity index (χ3v) is 2.86. The molecule has 0 spiro atoms. The molecule has 0 saturated heterocycles.